The van der Waals surface area contributed by atoms with Crippen LogP contribution >= 0.6 is 0 Å². The van der Waals surface area contributed by atoms with Crippen LogP contribution in [0.4, 0.5) is 11.4 Å². The van der Waals surface area contributed by atoms with Gasteiger partial charge in [-0.15, -0.1) is 0 Å². The second-order valence-corrected chi connectivity index (χ2v) is 9.52. The topological polar surface area (TPSA) is 128 Å². The van der Waals surface area contributed by atoms with Gasteiger partial charge in [-0.1, -0.05) is 13.3 Å². The van der Waals surface area contributed by atoms with Gasteiger partial charge in [-0.3, -0.25) is 14.9 Å². The summed E-state index contributed by atoms with van der Waals surface area (Å²) in [4.78, 5) is 23.7. The van der Waals surface area contributed by atoms with Gasteiger partial charge in [0.05, 0.1) is 30.1 Å². The van der Waals surface area contributed by atoms with Gasteiger partial charge in [-0.05, 0) is 43.5 Å². The highest BCUT2D eigenvalue weighted by atomic mass is 32.2. The molecule has 1 amide bonds. The summed E-state index contributed by atoms with van der Waals surface area (Å²) in [6.45, 7) is 2.47. The number of nitro groups is 1. The van der Waals surface area contributed by atoms with Crippen molar-refractivity contribution in [3.63, 3.8) is 0 Å². The quantitative estimate of drug-likeness (QED) is 0.452. The van der Waals surface area contributed by atoms with Crippen LogP contribution in [0.3, 0.4) is 0 Å². The lowest BCUT2D eigenvalue weighted by Gasteiger charge is -2.34. The molecule has 1 N–H and O–H groups in total. The Labute approximate surface area is 192 Å². The predicted molar refractivity (Wildman–Crippen MR) is 122 cm³/mol. The van der Waals surface area contributed by atoms with Gasteiger partial charge in [0.1, 0.15) is 5.56 Å². The van der Waals surface area contributed by atoms with E-state index in [0.29, 0.717) is 12.2 Å². The van der Waals surface area contributed by atoms with Gasteiger partial charge in [0, 0.05) is 24.3 Å². The van der Waals surface area contributed by atoms with E-state index >= 15 is 0 Å². The number of amides is 1. The molecule has 2 aromatic carbocycles. The fraction of sp³-hybridized carbons (Fsp3) is 0.409. The van der Waals surface area contributed by atoms with Crippen LogP contribution in [-0.2, 0) is 10.0 Å². The minimum absolute atomic E-state index is 0.0197. The Kier molecular flexibility index (Phi) is 7.54. The monoisotopic (exact) mass is 477 g/mol. The van der Waals surface area contributed by atoms with Crippen molar-refractivity contribution in [2.45, 2.75) is 43.5 Å². The summed E-state index contributed by atoms with van der Waals surface area (Å²) in [5.41, 5.74) is -0.359. The summed E-state index contributed by atoms with van der Waals surface area (Å²) in [6, 6.07) is 8.10. The van der Waals surface area contributed by atoms with Crippen LogP contribution in [0.5, 0.6) is 11.5 Å². The smallest absolute Gasteiger partial charge is 0.286 e. The third kappa shape index (κ3) is 5.09. The second-order valence-electron chi connectivity index (χ2n) is 7.63. The van der Waals surface area contributed by atoms with Crippen LogP contribution in [0, 0.1) is 10.1 Å². The standard InChI is InChI=1S/C22H27N3O7S/c1-4-16-7-5-6-12-24(16)33(29,30)17-10-8-15(9-11-17)23-22(26)18-13-20(31-2)21(32-3)14-19(18)25(27)28/h8-11,13-14,16H,4-7,12H2,1-3H3,(H,23,26). The number of nitrogens with one attached hydrogen (secondary N) is 1. The number of methoxy groups -OCH3 is 2. The molecule has 11 heteroatoms. The first-order valence-electron chi connectivity index (χ1n) is 10.6. The highest BCUT2D eigenvalue weighted by molar-refractivity contribution is 7.89. The number of carbonyl (C=O) groups is 1. The van der Waals surface area contributed by atoms with Crippen LogP contribution < -0.4 is 14.8 Å². The van der Waals surface area contributed by atoms with Crippen LogP contribution in [0.1, 0.15) is 43.0 Å². The van der Waals surface area contributed by atoms with E-state index < -0.39 is 26.5 Å². The number of ether oxygens (including phenoxy) is 2. The molecular weight excluding hydrogens is 450 g/mol. The molecule has 10 nitrogen and oxygen atoms in total. The van der Waals surface area contributed by atoms with Crippen molar-refractivity contribution in [1.82, 2.24) is 4.31 Å². The van der Waals surface area contributed by atoms with Gasteiger partial charge < -0.3 is 14.8 Å². The number of hydrogen-bond acceptors (Lipinski definition) is 7. The number of sulfonamides is 1. The number of rotatable bonds is 8. The lowest BCUT2D eigenvalue weighted by atomic mass is 10.0. The molecule has 0 radical (unpaired) electrons. The highest BCUT2D eigenvalue weighted by Gasteiger charge is 2.32. The molecule has 1 aliphatic rings. The summed E-state index contributed by atoms with van der Waals surface area (Å²) in [5.74, 6) is -0.444. The zero-order valence-corrected chi connectivity index (χ0v) is 19.6. The average Bonchev–Trinajstić information content (AvgIpc) is 2.83. The first-order valence-corrected chi connectivity index (χ1v) is 12.0. The van der Waals surface area contributed by atoms with Crippen LogP contribution in [0.15, 0.2) is 41.3 Å². The molecule has 178 valence electrons. The molecule has 1 saturated heterocycles. The molecule has 1 unspecified atom stereocenters. The summed E-state index contributed by atoms with van der Waals surface area (Å²) in [6.07, 6.45) is 3.43. The third-order valence-corrected chi connectivity index (χ3v) is 7.67. The predicted octanol–water partition coefficient (Wildman–Crippen LogP) is 3.82. The van der Waals surface area contributed by atoms with Gasteiger partial charge in [0.25, 0.3) is 11.6 Å². The fourth-order valence-corrected chi connectivity index (χ4v) is 5.71. The Morgan fingerprint density at radius 2 is 1.79 bits per heavy atom. The van der Waals surface area contributed by atoms with Gasteiger partial charge >= 0.3 is 0 Å². The zero-order valence-electron chi connectivity index (χ0n) is 18.7. The Hall–Kier alpha value is -3.18. The maximum absolute atomic E-state index is 13.1. The summed E-state index contributed by atoms with van der Waals surface area (Å²) in [7, 11) is -0.961. The van der Waals surface area contributed by atoms with Crippen molar-refractivity contribution in [2.75, 3.05) is 26.1 Å². The van der Waals surface area contributed by atoms with Crippen molar-refractivity contribution >= 4 is 27.3 Å². The van der Waals surface area contributed by atoms with Crippen molar-refractivity contribution in [3.05, 3.63) is 52.1 Å². The molecular formula is C22H27N3O7S. The molecule has 33 heavy (non-hydrogen) atoms. The fourth-order valence-electron chi connectivity index (χ4n) is 3.94. The van der Waals surface area contributed by atoms with E-state index in [2.05, 4.69) is 5.32 Å². The summed E-state index contributed by atoms with van der Waals surface area (Å²) >= 11 is 0. The van der Waals surface area contributed by atoms with Crippen molar-refractivity contribution in [3.8, 4) is 11.5 Å². The molecule has 0 aliphatic carbocycles. The Balaban J connectivity index is 1.84. The van der Waals surface area contributed by atoms with E-state index in [1.807, 2.05) is 6.92 Å². The molecule has 3 rings (SSSR count). The number of nitro benzene ring substituents is 1. The van der Waals surface area contributed by atoms with Crippen LogP contribution in [0.25, 0.3) is 0 Å². The second kappa shape index (κ2) is 10.2. The lowest BCUT2D eigenvalue weighted by Crippen LogP contribution is -2.43. The Bertz CT molecular complexity index is 1130. The van der Waals surface area contributed by atoms with E-state index in [1.165, 1.54) is 44.6 Å². The summed E-state index contributed by atoms with van der Waals surface area (Å²) in [5, 5.41) is 14.0. The van der Waals surface area contributed by atoms with Gasteiger partial charge in [-0.25, -0.2) is 8.42 Å². The average molecular weight is 478 g/mol. The first kappa shape index (κ1) is 24.5. The molecule has 0 spiro atoms. The molecule has 1 fully saturated rings. The van der Waals surface area contributed by atoms with E-state index in [1.54, 1.807) is 4.31 Å². The number of hydrogen-bond donors (Lipinski definition) is 1. The molecule has 0 aromatic heterocycles. The van der Waals surface area contributed by atoms with E-state index in [9.17, 15) is 23.3 Å². The number of carbonyl (C=O) groups excluding carboxylic acids is 1. The molecule has 0 saturated carbocycles. The molecule has 0 bridgehead atoms. The van der Waals surface area contributed by atoms with Crippen molar-refractivity contribution in [1.29, 1.82) is 0 Å². The minimum Gasteiger partial charge on any atom is -0.493 e. The Morgan fingerprint density at radius 3 is 2.36 bits per heavy atom. The molecule has 1 atom stereocenters. The van der Waals surface area contributed by atoms with E-state index in [-0.39, 0.29) is 28.0 Å². The van der Waals surface area contributed by atoms with Crippen molar-refractivity contribution in [2.24, 2.45) is 0 Å². The summed E-state index contributed by atoms with van der Waals surface area (Å²) < 4.78 is 38.0. The normalized spacial score (nSPS) is 16.8. The SMILES string of the molecule is CCC1CCCCN1S(=O)(=O)c1ccc(NC(=O)c2cc(OC)c(OC)cc2[N+](=O)[O-])cc1. The first-order chi connectivity index (χ1) is 15.7. The Morgan fingerprint density at radius 1 is 1.15 bits per heavy atom. The molecule has 2 aromatic rings. The van der Waals surface area contributed by atoms with E-state index in [4.69, 9.17) is 9.47 Å². The lowest BCUT2D eigenvalue weighted by molar-refractivity contribution is -0.385. The maximum atomic E-state index is 13.1. The van der Waals surface area contributed by atoms with Gasteiger partial charge in [-0.2, -0.15) is 4.31 Å². The number of piperidine rings is 1. The van der Waals surface area contributed by atoms with E-state index in [0.717, 1.165) is 31.7 Å². The number of anilines is 1. The van der Waals surface area contributed by atoms with Crippen LogP contribution in [-0.4, -0.2) is 50.4 Å². The number of benzene rings is 2. The third-order valence-electron chi connectivity index (χ3n) is 5.71. The van der Waals surface area contributed by atoms with Crippen LogP contribution in [0.2, 0.25) is 0 Å². The zero-order chi connectivity index (χ0) is 24.2. The highest BCUT2D eigenvalue weighted by Crippen LogP contribution is 2.35. The number of nitrogens with zero attached hydrogens (tertiary/aromatic N) is 2. The largest absolute Gasteiger partial charge is 0.493 e. The van der Waals surface area contributed by atoms with Crippen molar-refractivity contribution < 1.29 is 27.6 Å². The van der Waals surface area contributed by atoms with Gasteiger partial charge in [0.2, 0.25) is 10.0 Å². The van der Waals surface area contributed by atoms with Gasteiger partial charge in [0.15, 0.2) is 11.5 Å². The minimum atomic E-state index is -3.65. The molecule has 1 heterocycles. The molecule has 1 aliphatic heterocycles. The maximum Gasteiger partial charge on any atom is 0.286 e.